The Morgan fingerprint density at radius 1 is 1.30 bits per heavy atom. The van der Waals surface area contributed by atoms with Crippen LogP contribution in [-0.4, -0.2) is 15.8 Å². The average molecular weight is 270 g/mol. The molecule has 3 rings (SSSR count). The van der Waals surface area contributed by atoms with Crippen molar-refractivity contribution in [2.24, 2.45) is 5.41 Å². The monoisotopic (exact) mass is 270 g/mol. The van der Waals surface area contributed by atoms with E-state index in [0.717, 1.165) is 24.3 Å². The lowest BCUT2D eigenvalue weighted by Gasteiger charge is -2.29. The third kappa shape index (κ3) is 2.26. The van der Waals surface area contributed by atoms with E-state index in [2.05, 4.69) is 23.8 Å². The average Bonchev–Trinajstić information content (AvgIpc) is 2.85. The van der Waals surface area contributed by atoms with E-state index in [0.29, 0.717) is 23.6 Å². The number of Topliss-reactive ketones (excluding diaryl/α,β-unsaturated/α-hetero) is 1. The molecule has 104 valence electrons. The molecule has 0 fully saturated rings. The third-order valence-electron chi connectivity index (χ3n) is 3.68. The van der Waals surface area contributed by atoms with E-state index < -0.39 is 0 Å². The summed E-state index contributed by atoms with van der Waals surface area (Å²) in [4.78, 5) is 20.9. The molecule has 4 heteroatoms. The third-order valence-corrected chi connectivity index (χ3v) is 3.68. The van der Waals surface area contributed by atoms with Gasteiger partial charge >= 0.3 is 0 Å². The van der Waals surface area contributed by atoms with Crippen LogP contribution in [0.1, 0.15) is 49.0 Å². The molecular formula is C16H18N2O2. The van der Waals surface area contributed by atoms with Crippen molar-refractivity contribution in [1.82, 2.24) is 9.97 Å². The Bertz CT molecular complexity index is 671. The van der Waals surface area contributed by atoms with Crippen LogP contribution in [0.2, 0.25) is 0 Å². The summed E-state index contributed by atoms with van der Waals surface area (Å²) < 4.78 is 5.68. The largest absolute Gasteiger partial charge is 0.458 e. The number of carbonyl (C=O) groups excluding carboxylic acids is 1. The fraction of sp³-hybridized carbons (Fsp3) is 0.438. The highest BCUT2D eigenvalue weighted by Crippen LogP contribution is 2.34. The van der Waals surface area contributed by atoms with Gasteiger partial charge in [0.05, 0.1) is 11.3 Å². The summed E-state index contributed by atoms with van der Waals surface area (Å²) >= 11 is 0. The minimum absolute atomic E-state index is 0.0343. The molecular weight excluding hydrogens is 252 g/mol. The van der Waals surface area contributed by atoms with Gasteiger partial charge in [0, 0.05) is 19.0 Å². The van der Waals surface area contributed by atoms with Gasteiger partial charge in [-0.05, 0) is 24.0 Å². The second-order valence-corrected chi connectivity index (χ2v) is 6.11. The van der Waals surface area contributed by atoms with Crippen molar-refractivity contribution in [3.05, 3.63) is 35.3 Å². The van der Waals surface area contributed by atoms with Crippen LogP contribution >= 0.6 is 0 Å². The van der Waals surface area contributed by atoms with Crippen molar-refractivity contribution in [1.29, 1.82) is 0 Å². The van der Waals surface area contributed by atoms with Gasteiger partial charge in [0.25, 0.3) is 0 Å². The number of fused-ring (bicyclic) bond motifs is 1. The molecule has 0 amide bonds. The number of hydrogen-bond donors (Lipinski definition) is 0. The maximum absolute atomic E-state index is 12.1. The van der Waals surface area contributed by atoms with E-state index in [4.69, 9.17) is 4.42 Å². The normalized spacial score (nSPS) is 17.1. The van der Waals surface area contributed by atoms with E-state index in [1.54, 1.807) is 6.20 Å². The van der Waals surface area contributed by atoms with Crippen molar-refractivity contribution >= 4 is 5.78 Å². The smallest absolute Gasteiger partial charge is 0.195 e. The molecule has 0 aromatic carbocycles. The molecule has 0 unspecified atom stereocenters. The van der Waals surface area contributed by atoms with E-state index >= 15 is 0 Å². The van der Waals surface area contributed by atoms with Crippen LogP contribution in [0.25, 0.3) is 11.6 Å². The Morgan fingerprint density at radius 3 is 2.80 bits per heavy atom. The van der Waals surface area contributed by atoms with Crippen LogP contribution in [0.15, 0.2) is 22.7 Å². The van der Waals surface area contributed by atoms with Gasteiger partial charge in [0.2, 0.25) is 0 Å². The van der Waals surface area contributed by atoms with Crippen LogP contribution < -0.4 is 0 Å². The zero-order valence-corrected chi connectivity index (χ0v) is 12.1. The fourth-order valence-electron chi connectivity index (χ4n) is 2.64. The molecule has 0 bridgehead atoms. The highest BCUT2D eigenvalue weighted by molar-refractivity contribution is 5.98. The van der Waals surface area contributed by atoms with Gasteiger partial charge in [0.1, 0.15) is 5.76 Å². The van der Waals surface area contributed by atoms with Gasteiger partial charge in [-0.3, -0.25) is 4.79 Å². The Kier molecular flexibility index (Phi) is 2.96. The summed E-state index contributed by atoms with van der Waals surface area (Å²) in [6.07, 6.45) is 3.84. The van der Waals surface area contributed by atoms with Crippen molar-refractivity contribution in [2.45, 2.75) is 40.0 Å². The van der Waals surface area contributed by atoms with Crippen molar-refractivity contribution < 1.29 is 9.21 Å². The SMILES string of the molecule is CCc1ccc(-c2ncc3c(n2)CC(C)(C)CC3=O)o1. The van der Waals surface area contributed by atoms with E-state index in [1.807, 2.05) is 19.1 Å². The van der Waals surface area contributed by atoms with Gasteiger partial charge in [0.15, 0.2) is 17.4 Å². The molecule has 0 N–H and O–H groups in total. The van der Waals surface area contributed by atoms with Crippen molar-refractivity contribution in [3.63, 3.8) is 0 Å². The van der Waals surface area contributed by atoms with Crippen LogP contribution in [0, 0.1) is 5.41 Å². The summed E-state index contributed by atoms with van der Waals surface area (Å²) in [5.74, 6) is 2.28. The molecule has 1 aliphatic rings. The highest BCUT2D eigenvalue weighted by Gasteiger charge is 2.32. The Morgan fingerprint density at radius 2 is 2.10 bits per heavy atom. The Hall–Kier alpha value is -1.97. The highest BCUT2D eigenvalue weighted by atomic mass is 16.3. The van der Waals surface area contributed by atoms with Gasteiger partial charge < -0.3 is 4.42 Å². The fourth-order valence-corrected chi connectivity index (χ4v) is 2.64. The predicted molar refractivity (Wildman–Crippen MR) is 75.5 cm³/mol. The molecule has 0 spiro atoms. The molecule has 2 aromatic heterocycles. The molecule has 1 aliphatic carbocycles. The van der Waals surface area contributed by atoms with E-state index in [9.17, 15) is 4.79 Å². The molecule has 4 nitrogen and oxygen atoms in total. The van der Waals surface area contributed by atoms with Crippen LogP contribution in [-0.2, 0) is 12.8 Å². The summed E-state index contributed by atoms with van der Waals surface area (Å²) in [6.45, 7) is 6.23. The van der Waals surface area contributed by atoms with Crippen LogP contribution in [0.3, 0.4) is 0 Å². The first-order chi connectivity index (χ1) is 9.48. The zero-order valence-electron chi connectivity index (χ0n) is 12.1. The first-order valence-electron chi connectivity index (χ1n) is 6.97. The van der Waals surface area contributed by atoms with E-state index in [-0.39, 0.29) is 11.2 Å². The van der Waals surface area contributed by atoms with Crippen molar-refractivity contribution in [3.8, 4) is 11.6 Å². The number of aromatic nitrogens is 2. The molecule has 0 aliphatic heterocycles. The molecule has 2 aromatic rings. The number of ketones is 1. The Labute approximate surface area is 118 Å². The number of rotatable bonds is 2. The van der Waals surface area contributed by atoms with Gasteiger partial charge in [-0.15, -0.1) is 0 Å². The zero-order chi connectivity index (χ0) is 14.3. The standard InChI is InChI=1S/C16H18N2O2/c1-4-10-5-6-14(20-10)15-17-9-11-12(18-15)7-16(2,3)8-13(11)19/h5-6,9H,4,7-8H2,1-3H3. The summed E-state index contributed by atoms with van der Waals surface area (Å²) in [7, 11) is 0. The molecule has 0 radical (unpaired) electrons. The van der Waals surface area contributed by atoms with Gasteiger partial charge in [-0.25, -0.2) is 9.97 Å². The number of nitrogens with zero attached hydrogens (tertiary/aromatic N) is 2. The first-order valence-corrected chi connectivity index (χ1v) is 6.97. The molecule has 20 heavy (non-hydrogen) atoms. The number of furan rings is 1. The lowest BCUT2D eigenvalue weighted by atomic mass is 9.76. The van der Waals surface area contributed by atoms with Crippen LogP contribution in [0.5, 0.6) is 0 Å². The second-order valence-electron chi connectivity index (χ2n) is 6.11. The number of aryl methyl sites for hydroxylation is 1. The quantitative estimate of drug-likeness (QED) is 0.838. The molecule has 2 heterocycles. The minimum atomic E-state index is -0.0343. The molecule has 0 saturated heterocycles. The van der Waals surface area contributed by atoms with E-state index in [1.165, 1.54) is 0 Å². The summed E-state index contributed by atoms with van der Waals surface area (Å²) in [6, 6.07) is 3.82. The lowest BCUT2D eigenvalue weighted by Crippen LogP contribution is -2.28. The first kappa shape index (κ1) is 13.0. The predicted octanol–water partition coefficient (Wildman–Crippen LogP) is 3.45. The second kappa shape index (κ2) is 4.54. The van der Waals surface area contributed by atoms with Gasteiger partial charge in [-0.1, -0.05) is 20.8 Å². The number of hydrogen-bond acceptors (Lipinski definition) is 4. The molecule has 0 saturated carbocycles. The summed E-state index contributed by atoms with van der Waals surface area (Å²) in [5.41, 5.74) is 1.47. The van der Waals surface area contributed by atoms with Crippen molar-refractivity contribution in [2.75, 3.05) is 0 Å². The maximum atomic E-state index is 12.1. The topological polar surface area (TPSA) is 56.0 Å². The molecule has 0 atom stereocenters. The minimum Gasteiger partial charge on any atom is -0.458 e. The maximum Gasteiger partial charge on any atom is 0.195 e. The Balaban J connectivity index is 2.02. The van der Waals surface area contributed by atoms with Crippen LogP contribution in [0.4, 0.5) is 0 Å². The van der Waals surface area contributed by atoms with Gasteiger partial charge in [-0.2, -0.15) is 0 Å². The number of carbonyl (C=O) groups is 1. The summed E-state index contributed by atoms with van der Waals surface area (Å²) in [5, 5.41) is 0. The lowest BCUT2D eigenvalue weighted by molar-refractivity contribution is 0.0909.